The number of aliphatic hydroxyl groups excluding tert-OH is 1. The van der Waals surface area contributed by atoms with E-state index in [0.717, 1.165) is 95.8 Å². The second kappa shape index (κ2) is 66.6. The molecule has 3 aliphatic carbocycles. The van der Waals surface area contributed by atoms with E-state index < -0.39 is 124 Å². The van der Waals surface area contributed by atoms with E-state index in [9.17, 15) is 83.9 Å². The van der Waals surface area contributed by atoms with Crippen LogP contribution in [0.3, 0.4) is 0 Å². The van der Waals surface area contributed by atoms with E-state index in [1.807, 2.05) is 0 Å². The summed E-state index contributed by atoms with van der Waals surface area (Å²) >= 11 is 0. The Labute approximate surface area is 865 Å². The Morgan fingerprint density at radius 2 is 0.644 bits per heavy atom. The zero-order valence-corrected chi connectivity index (χ0v) is 95.2. The molecule has 0 bridgehead atoms. The van der Waals surface area contributed by atoms with Crippen molar-refractivity contribution in [2.75, 3.05) is 138 Å². The van der Waals surface area contributed by atoms with Gasteiger partial charge in [0.05, 0.1) is 26.4 Å². The van der Waals surface area contributed by atoms with Gasteiger partial charge in [-0.3, -0.25) is 4.79 Å². The zero-order valence-electron chi connectivity index (χ0n) is 91.2. The third kappa shape index (κ3) is 65.8. The fourth-order valence-electron chi connectivity index (χ4n) is 18.1. The number of unbranched alkanes of at least 4 members (excludes halogenated alkanes) is 1. The molecule has 0 spiro atoms. The SMILES string of the molecule is C=C(C)C(=O)OC(C(F)(F)F)C(F)(F)F.C=C(C)C(=O)OCCO.C=C(C)C(=O)OCCOC(=O)NCC1(C)CC(NC(=O)OCCOCCC[Si](C)(C)O[Si](C)(C)CCCC)CC(C)(C)C1.C=C(C)C(=O)OCCOC(=O)NCC1(C)CC(NC(=O)OCCOCCC[Si](C)(C)O[Si](C)(C)CCCOCCOC(=O)NC2CC(C)(C)CC(C)(CNC(=O)OCCOC(=O)C(=C)C)C2)CC(C)(C)C1.C=CN1CCCC1=O. The topological polar surface area (TPSA) is 448 Å². The van der Waals surface area contributed by atoms with Gasteiger partial charge in [0.2, 0.25) is 5.91 Å². The molecule has 0 aromatic heterocycles. The van der Waals surface area contributed by atoms with Crippen molar-refractivity contribution in [2.24, 2.45) is 32.5 Å². The van der Waals surface area contributed by atoms with Gasteiger partial charge in [0, 0.05) is 98.4 Å². The number of alkyl carbamates (subject to hydrolysis) is 6. The second-order valence-corrected chi connectivity index (χ2v) is 61.2. The summed E-state index contributed by atoms with van der Waals surface area (Å²) in [6, 6.07) is 3.80. The van der Waals surface area contributed by atoms with Crippen molar-refractivity contribution in [1.29, 1.82) is 0 Å². The number of nitrogens with one attached hydrogen (secondary N) is 6. The number of aliphatic hydroxyl groups is 1. The van der Waals surface area contributed by atoms with E-state index in [4.69, 9.17) is 70.2 Å². The summed E-state index contributed by atoms with van der Waals surface area (Å²) in [5.74, 6) is -3.58. The van der Waals surface area contributed by atoms with E-state index in [1.165, 1.54) is 18.9 Å². The van der Waals surface area contributed by atoms with Crippen molar-refractivity contribution in [3.05, 3.63) is 73.5 Å². The van der Waals surface area contributed by atoms with Crippen molar-refractivity contribution in [3.8, 4) is 0 Å². The Balaban J connectivity index is 0.00000232. The number of carbonyl (C=O) groups excluding carboxylic acids is 12. The molecule has 7 N–H and O–H groups in total. The van der Waals surface area contributed by atoms with Crippen LogP contribution in [0.2, 0.25) is 76.6 Å². The number of ether oxygens (including phenoxy) is 14. The summed E-state index contributed by atoms with van der Waals surface area (Å²) in [5, 5.41) is 25.7. The van der Waals surface area contributed by atoms with E-state index in [-0.39, 0.29) is 154 Å². The molecule has 146 heavy (non-hydrogen) atoms. The first-order chi connectivity index (χ1) is 67.3. The molecule has 1 heterocycles. The van der Waals surface area contributed by atoms with Gasteiger partial charge < -0.3 is 116 Å². The fraction of sp³-hybridized carbons (Fsp3) is 0.760. The van der Waals surface area contributed by atoms with Crippen LogP contribution in [0.5, 0.6) is 0 Å². The van der Waals surface area contributed by atoms with Gasteiger partial charge in [-0.1, -0.05) is 122 Å². The van der Waals surface area contributed by atoms with Crippen LogP contribution in [0.4, 0.5) is 55.1 Å². The van der Waals surface area contributed by atoms with Gasteiger partial charge in [0.25, 0.3) is 6.10 Å². The summed E-state index contributed by atoms with van der Waals surface area (Å²) < 4.78 is 156. The Hall–Kier alpha value is -8.91. The van der Waals surface area contributed by atoms with Crippen LogP contribution in [0.15, 0.2) is 73.5 Å². The lowest BCUT2D eigenvalue weighted by Crippen LogP contribution is -2.50. The number of halogens is 6. The highest BCUT2D eigenvalue weighted by Gasteiger charge is 2.60. The quantitative estimate of drug-likeness (QED) is 0.00742. The molecule has 6 atom stereocenters. The van der Waals surface area contributed by atoms with Crippen LogP contribution in [0.1, 0.15) is 207 Å². The number of likely N-dealkylation sites (tertiary alicyclic amines) is 1. The third-order valence-electron chi connectivity index (χ3n) is 23.0. The molecule has 6 unspecified atom stereocenters. The molecule has 0 radical (unpaired) electrons. The van der Waals surface area contributed by atoms with Crippen molar-refractivity contribution in [1.82, 2.24) is 36.8 Å². The predicted octanol–water partition coefficient (Wildman–Crippen LogP) is 18.8. The monoisotopic (exact) mass is 2160 g/mol. The smallest absolute Gasteiger partial charge is 0.434 e. The van der Waals surface area contributed by atoms with Gasteiger partial charge in [0.15, 0.2) is 33.3 Å². The van der Waals surface area contributed by atoms with Crippen LogP contribution in [-0.4, -0.2) is 291 Å². The number of hydrogen-bond acceptors (Lipinski definition) is 29. The van der Waals surface area contributed by atoms with Gasteiger partial charge in [0.1, 0.15) is 66.1 Å². The average Bonchev–Trinajstić information content (AvgIpc) is 0.814. The average molecular weight is 2170 g/mol. The minimum absolute atomic E-state index is 0.0315. The number of amides is 7. The first-order valence-electron chi connectivity index (χ1n) is 49.8. The summed E-state index contributed by atoms with van der Waals surface area (Å²) in [5.41, 5.74) is -0.402. The zero-order chi connectivity index (χ0) is 112. The van der Waals surface area contributed by atoms with E-state index in [2.05, 4.69) is 202 Å². The van der Waals surface area contributed by atoms with Gasteiger partial charge in [-0.15, -0.1) is 0 Å². The van der Waals surface area contributed by atoms with Crippen molar-refractivity contribution in [3.63, 3.8) is 0 Å². The van der Waals surface area contributed by atoms with Gasteiger partial charge in [-0.25, -0.2) is 52.7 Å². The normalized spacial score (nSPS) is 19.4. The fourth-order valence-corrected chi connectivity index (χ4v) is 35.9. The number of hydrogen-bond donors (Lipinski definition) is 7. The number of alkyl halides is 6. The molecule has 4 rings (SSSR count). The van der Waals surface area contributed by atoms with Crippen molar-refractivity contribution < 1.29 is 164 Å². The number of esters is 5. The molecule has 0 aromatic rings. The van der Waals surface area contributed by atoms with Gasteiger partial charge in [-0.2, -0.15) is 26.3 Å². The Bertz CT molecular complexity index is 4020. The largest absolute Gasteiger partial charge is 0.460 e. The van der Waals surface area contributed by atoms with Gasteiger partial charge in [-0.05, 0) is 233 Å². The first kappa shape index (κ1) is 137. The maximum atomic E-state index is 12.7. The minimum atomic E-state index is -5.69. The summed E-state index contributed by atoms with van der Waals surface area (Å²) in [4.78, 5) is 143. The molecular formula is C100H175F6N7O29Si4. The molecule has 4 aliphatic rings. The predicted molar refractivity (Wildman–Crippen MR) is 551 cm³/mol. The molecule has 7 amide bonds. The van der Waals surface area contributed by atoms with Crippen molar-refractivity contribution in [2.45, 2.75) is 320 Å². The van der Waals surface area contributed by atoms with Crippen LogP contribution < -0.4 is 31.9 Å². The molecule has 1 saturated heterocycles. The molecule has 1 aliphatic heterocycles. The third-order valence-corrected chi connectivity index (χ3v) is 38.0. The number of carbonyl (C=O) groups is 12. The highest BCUT2D eigenvalue weighted by molar-refractivity contribution is 6.85. The first-order valence-corrected chi connectivity index (χ1v) is 62.2. The maximum Gasteiger partial charge on any atom is 0.434 e. The molecule has 0 aromatic carbocycles. The highest BCUT2D eigenvalue weighted by atomic mass is 28.4. The molecule has 46 heteroatoms. The molecule has 3 saturated carbocycles. The van der Waals surface area contributed by atoms with Crippen LogP contribution >= 0.6 is 0 Å². The molecule has 36 nitrogen and oxygen atoms in total. The standard InChI is InChI=1S/C50H90N4O15Si2.C31H60N2O8Si2.C7H6F6O2.C6H9NO.C6H10O3/c1-37(2)41(55)63-23-25-65-43(57)51-35-49(9)31-39(29-47(5,6)33-49)53-45(59)67-21-19-61-17-15-27-70(11,12)69-71(13,14)28-16-18-62-20-22-68-46(60)54-40-30-48(7,8)34-50(10,32-40)36-52-44(58)66-26-24-64-42(56)38(3)4;1-11-12-19-42(7,8)41-43(9,10)20-13-14-37-15-16-40-29(36)33-26-21-30(4,5)23-31(6,22-26)24-32-28(35)39-18-17-38-27(34)25(2)3;1-3(2)4(14)15-5(6(8,9)10)7(11,12)13;1-2-7-5-3-4-6(7)8;1-5(2)6(8)9-4-3-7/h39-40H,1,3,15-36H2,2,4-14H3,(H,51,57)(H,52,58)(H,53,59)(H,54,60);26H,2,11-24H2,1,3-10H3,(H,32,35)(H,33,36);5H,1H2,2H3;2H,1,3-5H2;7H,1,3-4H2,2H3. The second-order valence-electron chi connectivity index (χ2n) is 43.5. The minimum Gasteiger partial charge on any atom is -0.460 e. The van der Waals surface area contributed by atoms with E-state index in [0.29, 0.717) is 82.9 Å². The van der Waals surface area contributed by atoms with Crippen LogP contribution in [0, 0.1) is 32.5 Å². The molecule has 842 valence electrons. The lowest BCUT2D eigenvalue weighted by molar-refractivity contribution is -0.312. The molecule has 4 fully saturated rings. The summed E-state index contributed by atoms with van der Waals surface area (Å²) in [6.45, 7) is 71.6. The maximum absolute atomic E-state index is 12.7. The van der Waals surface area contributed by atoms with Crippen LogP contribution in [-0.2, 0) is 103 Å². The highest BCUT2D eigenvalue weighted by Crippen LogP contribution is 2.49. The van der Waals surface area contributed by atoms with Gasteiger partial charge >= 0.3 is 78.8 Å². The number of nitrogens with zero attached hydrogens (tertiary/aromatic N) is 1. The van der Waals surface area contributed by atoms with E-state index >= 15 is 0 Å². The van der Waals surface area contributed by atoms with E-state index in [1.54, 1.807) is 38.8 Å². The number of rotatable bonds is 55. The Morgan fingerprint density at radius 1 is 0.390 bits per heavy atom. The van der Waals surface area contributed by atoms with Crippen molar-refractivity contribution >= 4 is 106 Å². The molecular weight excluding hydrogens is 1990 g/mol. The Morgan fingerprint density at radius 3 is 0.877 bits per heavy atom. The Kier molecular flexibility index (Phi) is 62.5. The van der Waals surface area contributed by atoms with Crippen LogP contribution in [0.25, 0.3) is 0 Å². The lowest BCUT2D eigenvalue weighted by Gasteiger charge is -2.46. The summed E-state index contributed by atoms with van der Waals surface area (Å²) in [6.07, 6.45) is -3.43. The summed E-state index contributed by atoms with van der Waals surface area (Å²) in [7, 11) is -7.24. The lowest BCUT2D eigenvalue weighted by atomic mass is 9.62.